The van der Waals surface area contributed by atoms with Gasteiger partial charge in [0.25, 0.3) is 11.6 Å². The van der Waals surface area contributed by atoms with Gasteiger partial charge < -0.3 is 4.90 Å². The topological polar surface area (TPSA) is 90.5 Å². The number of carbonyl (C=O) groups excluding carboxylic acids is 1. The normalized spacial score (nSPS) is 18.1. The summed E-state index contributed by atoms with van der Waals surface area (Å²) in [6.45, 7) is 0.130. The van der Waals surface area contributed by atoms with Crippen molar-refractivity contribution in [1.29, 1.82) is 5.26 Å². The number of nitriles is 1. The van der Waals surface area contributed by atoms with E-state index < -0.39 is 34.2 Å². The lowest BCUT2D eigenvalue weighted by atomic mass is 9.94. The Morgan fingerprint density at radius 1 is 1.20 bits per heavy atom. The number of nitro benzene ring substituents is 1. The molecule has 2 aromatic carbocycles. The van der Waals surface area contributed by atoms with E-state index in [1.165, 1.54) is 24.3 Å². The third-order valence-electron chi connectivity index (χ3n) is 5.16. The molecular formula is C19H11F3N4O3S. The van der Waals surface area contributed by atoms with E-state index in [4.69, 9.17) is 17.5 Å². The van der Waals surface area contributed by atoms with Gasteiger partial charge in [-0.1, -0.05) is 6.07 Å². The number of fused-ring (bicyclic) bond motifs is 2. The van der Waals surface area contributed by atoms with Crippen molar-refractivity contribution in [2.45, 2.75) is 25.2 Å². The number of nitrogens with zero attached hydrogens (tertiary/aromatic N) is 4. The summed E-state index contributed by atoms with van der Waals surface area (Å²) in [6, 6.07) is 8.10. The van der Waals surface area contributed by atoms with E-state index in [1.807, 2.05) is 0 Å². The number of alkyl halides is 3. The van der Waals surface area contributed by atoms with Crippen molar-refractivity contribution >= 4 is 34.6 Å². The molecule has 2 aliphatic rings. The lowest BCUT2D eigenvalue weighted by Gasteiger charge is -2.30. The molecule has 0 aliphatic carbocycles. The molecule has 1 amide bonds. The Labute approximate surface area is 173 Å². The molecule has 0 saturated carbocycles. The fraction of sp³-hybridized carbons (Fsp3) is 0.211. The van der Waals surface area contributed by atoms with E-state index in [-0.39, 0.29) is 29.5 Å². The molecular weight excluding hydrogens is 421 g/mol. The number of nitro groups is 1. The second-order valence-corrected chi connectivity index (χ2v) is 7.22. The van der Waals surface area contributed by atoms with E-state index in [9.17, 15) is 28.1 Å². The second kappa shape index (κ2) is 6.77. The fourth-order valence-corrected chi connectivity index (χ4v) is 4.11. The highest BCUT2D eigenvalue weighted by Crippen LogP contribution is 2.38. The minimum absolute atomic E-state index is 0.0139. The van der Waals surface area contributed by atoms with Gasteiger partial charge in [0.05, 0.1) is 27.8 Å². The van der Waals surface area contributed by atoms with E-state index >= 15 is 0 Å². The minimum Gasteiger partial charge on any atom is -0.332 e. The quantitative estimate of drug-likeness (QED) is 0.410. The number of carbonyl (C=O) groups is 1. The van der Waals surface area contributed by atoms with Crippen LogP contribution < -0.4 is 4.90 Å². The lowest BCUT2D eigenvalue weighted by molar-refractivity contribution is -0.385. The molecule has 2 aromatic rings. The van der Waals surface area contributed by atoms with Crippen molar-refractivity contribution < 1.29 is 22.9 Å². The maximum absolute atomic E-state index is 13.3. The van der Waals surface area contributed by atoms with Crippen LogP contribution in [0.3, 0.4) is 0 Å². The lowest BCUT2D eigenvalue weighted by Crippen LogP contribution is -2.39. The Bertz CT molecular complexity index is 1160. The zero-order valence-electron chi connectivity index (χ0n) is 15.0. The summed E-state index contributed by atoms with van der Waals surface area (Å²) in [4.78, 5) is 26.1. The number of hydrogen-bond acceptors (Lipinski definition) is 5. The van der Waals surface area contributed by atoms with Gasteiger partial charge in [-0.05, 0) is 41.5 Å². The number of amides is 1. The summed E-state index contributed by atoms with van der Waals surface area (Å²) in [5.41, 5.74) is -0.504. The summed E-state index contributed by atoms with van der Waals surface area (Å²) in [5, 5.41) is 20.0. The monoisotopic (exact) mass is 432 g/mol. The number of anilines is 1. The van der Waals surface area contributed by atoms with E-state index in [0.717, 1.165) is 22.6 Å². The number of rotatable bonds is 2. The Morgan fingerprint density at radius 3 is 2.57 bits per heavy atom. The largest absolute Gasteiger partial charge is 0.417 e. The Kier molecular flexibility index (Phi) is 4.47. The number of halogens is 3. The van der Waals surface area contributed by atoms with Crippen LogP contribution in [0.4, 0.5) is 24.5 Å². The van der Waals surface area contributed by atoms with E-state index in [0.29, 0.717) is 5.56 Å². The Hall–Kier alpha value is -3.52. The van der Waals surface area contributed by atoms with Crippen LogP contribution in [0.1, 0.15) is 22.3 Å². The van der Waals surface area contributed by atoms with Gasteiger partial charge in [0.15, 0.2) is 5.11 Å². The van der Waals surface area contributed by atoms with E-state index in [2.05, 4.69) is 0 Å². The second-order valence-electron chi connectivity index (χ2n) is 6.85. The van der Waals surface area contributed by atoms with Crippen molar-refractivity contribution in [2.24, 2.45) is 0 Å². The van der Waals surface area contributed by atoms with Gasteiger partial charge in [0, 0.05) is 25.1 Å². The average molecular weight is 432 g/mol. The van der Waals surface area contributed by atoms with Crippen LogP contribution in [-0.4, -0.2) is 26.9 Å². The first-order valence-corrected chi connectivity index (χ1v) is 9.04. The Morgan fingerprint density at radius 2 is 1.93 bits per heavy atom. The number of non-ortho nitro benzene ring substituents is 1. The molecule has 0 radical (unpaired) electrons. The van der Waals surface area contributed by atoms with Crippen molar-refractivity contribution in [3.05, 3.63) is 68.8 Å². The van der Waals surface area contributed by atoms with E-state index in [1.54, 1.807) is 11.0 Å². The van der Waals surface area contributed by atoms with Crippen LogP contribution in [0.2, 0.25) is 0 Å². The molecule has 1 saturated heterocycles. The van der Waals surface area contributed by atoms with Crippen LogP contribution in [-0.2, 0) is 23.9 Å². The highest BCUT2D eigenvalue weighted by atomic mass is 32.1. The summed E-state index contributed by atoms with van der Waals surface area (Å²) in [7, 11) is 0. The highest BCUT2D eigenvalue weighted by Gasteiger charge is 2.46. The summed E-state index contributed by atoms with van der Waals surface area (Å²) in [6.07, 6.45) is -4.54. The maximum Gasteiger partial charge on any atom is 0.417 e. The van der Waals surface area contributed by atoms with Gasteiger partial charge in [-0.15, -0.1) is 0 Å². The van der Waals surface area contributed by atoms with Crippen molar-refractivity contribution in [2.75, 3.05) is 4.90 Å². The van der Waals surface area contributed by atoms with Gasteiger partial charge >= 0.3 is 6.18 Å². The predicted molar refractivity (Wildman–Crippen MR) is 102 cm³/mol. The summed E-state index contributed by atoms with van der Waals surface area (Å²) in [5.74, 6) is -0.484. The molecule has 0 aromatic heterocycles. The first kappa shape index (κ1) is 19.8. The molecule has 2 heterocycles. The minimum atomic E-state index is -4.77. The number of benzene rings is 2. The molecule has 0 spiro atoms. The molecule has 4 rings (SSSR count). The molecule has 0 bridgehead atoms. The van der Waals surface area contributed by atoms with Crippen LogP contribution in [0, 0.1) is 21.4 Å². The molecule has 0 N–H and O–H groups in total. The first-order valence-electron chi connectivity index (χ1n) is 8.64. The van der Waals surface area contributed by atoms with Crippen molar-refractivity contribution in [3.8, 4) is 6.07 Å². The third-order valence-corrected chi connectivity index (χ3v) is 5.58. The SMILES string of the molecule is N#Cc1ccc(N2C(=O)C3Cc4ccc([N+](=O)[O-])cc4CN3C2=S)cc1C(F)(F)F. The summed E-state index contributed by atoms with van der Waals surface area (Å²) < 4.78 is 40.0. The molecule has 7 nitrogen and oxygen atoms in total. The third kappa shape index (κ3) is 3.05. The van der Waals surface area contributed by atoms with Crippen LogP contribution in [0.5, 0.6) is 0 Å². The van der Waals surface area contributed by atoms with Crippen molar-refractivity contribution in [3.63, 3.8) is 0 Å². The van der Waals surface area contributed by atoms with Gasteiger partial charge in [-0.3, -0.25) is 19.8 Å². The molecule has 30 heavy (non-hydrogen) atoms. The van der Waals surface area contributed by atoms with Crippen molar-refractivity contribution in [1.82, 2.24) is 4.90 Å². The standard InChI is InChI=1S/C19H11F3N4O3S/c20-19(21,22)15-7-13(3-2-11(15)8-23)25-17(27)16-6-10-1-4-14(26(28)29)5-12(10)9-24(16)18(25)30/h1-5,7,16H,6,9H2. The highest BCUT2D eigenvalue weighted by molar-refractivity contribution is 7.80. The zero-order valence-corrected chi connectivity index (χ0v) is 15.8. The van der Waals surface area contributed by atoms with Gasteiger partial charge in [-0.25, -0.2) is 0 Å². The summed E-state index contributed by atoms with van der Waals surface area (Å²) >= 11 is 5.36. The molecule has 1 fully saturated rings. The first-order chi connectivity index (χ1) is 14.1. The molecule has 1 unspecified atom stereocenters. The van der Waals surface area contributed by atoms with Crippen LogP contribution in [0.15, 0.2) is 36.4 Å². The molecule has 2 aliphatic heterocycles. The number of thiocarbonyl (C=S) groups is 1. The zero-order chi connectivity index (χ0) is 21.8. The van der Waals surface area contributed by atoms with Gasteiger partial charge in [0.1, 0.15) is 6.04 Å². The maximum atomic E-state index is 13.3. The molecule has 1 atom stereocenters. The smallest absolute Gasteiger partial charge is 0.332 e. The average Bonchev–Trinajstić information content (AvgIpc) is 2.94. The predicted octanol–water partition coefficient (Wildman–Crippen LogP) is 3.54. The fourth-order valence-electron chi connectivity index (χ4n) is 3.72. The number of hydrogen-bond donors (Lipinski definition) is 0. The van der Waals surface area contributed by atoms with Crippen LogP contribution in [0.25, 0.3) is 0 Å². The molecule has 11 heteroatoms. The van der Waals surface area contributed by atoms with Crippen LogP contribution >= 0.6 is 12.2 Å². The van der Waals surface area contributed by atoms with Gasteiger partial charge in [0.2, 0.25) is 0 Å². The van der Waals surface area contributed by atoms with Gasteiger partial charge in [-0.2, -0.15) is 18.4 Å². The Balaban J connectivity index is 1.71. The molecule has 152 valence electrons.